The van der Waals surface area contributed by atoms with Crippen LogP contribution in [0.2, 0.25) is 0 Å². The van der Waals surface area contributed by atoms with E-state index in [-0.39, 0.29) is 0 Å². The van der Waals surface area contributed by atoms with Gasteiger partial charge in [-0.1, -0.05) is 60.7 Å². The van der Waals surface area contributed by atoms with Crippen molar-refractivity contribution in [1.29, 1.82) is 0 Å². The summed E-state index contributed by atoms with van der Waals surface area (Å²) >= 11 is 0. The van der Waals surface area contributed by atoms with E-state index < -0.39 is 5.76 Å². The number of rotatable bonds is 4. The predicted molar refractivity (Wildman–Crippen MR) is 85.5 cm³/mol. The van der Waals surface area contributed by atoms with E-state index in [0.717, 1.165) is 16.7 Å². The number of aromatic amines is 1. The molecule has 1 aromatic heterocycles. The van der Waals surface area contributed by atoms with Crippen molar-refractivity contribution in [1.82, 2.24) is 10.1 Å². The van der Waals surface area contributed by atoms with Crippen LogP contribution in [0.5, 0.6) is 0 Å². The number of benzene rings is 2. The summed E-state index contributed by atoms with van der Waals surface area (Å²) in [5.74, 6) is -0.217. The quantitative estimate of drug-likeness (QED) is 0.803. The Hall–Kier alpha value is -3.08. The molecule has 110 valence electrons. The third-order valence-electron chi connectivity index (χ3n) is 3.26. The van der Waals surface area contributed by atoms with Crippen LogP contribution in [0.4, 0.5) is 5.95 Å². The van der Waals surface area contributed by atoms with Crippen LogP contribution in [-0.4, -0.2) is 17.2 Å². The lowest BCUT2D eigenvalue weighted by molar-refractivity contribution is 0.387. The first kappa shape index (κ1) is 13.9. The Balaban J connectivity index is 2.05. The van der Waals surface area contributed by atoms with E-state index in [1.807, 2.05) is 66.9 Å². The van der Waals surface area contributed by atoms with E-state index in [1.165, 1.54) is 0 Å². The molecule has 0 radical (unpaired) electrons. The zero-order chi connectivity index (χ0) is 15.4. The Bertz CT molecular complexity index is 778. The molecule has 0 unspecified atom stereocenters. The van der Waals surface area contributed by atoms with Crippen LogP contribution in [0.15, 0.2) is 76.2 Å². The van der Waals surface area contributed by atoms with Gasteiger partial charge in [-0.2, -0.15) is 0 Å². The lowest BCUT2D eigenvalue weighted by atomic mass is 9.99. The van der Waals surface area contributed by atoms with E-state index in [2.05, 4.69) is 14.7 Å². The van der Waals surface area contributed by atoms with Gasteiger partial charge in [-0.05, 0) is 16.3 Å². The van der Waals surface area contributed by atoms with Crippen LogP contribution >= 0.6 is 0 Å². The molecule has 0 spiro atoms. The Morgan fingerprint density at radius 1 is 1.05 bits per heavy atom. The number of anilines is 1. The lowest BCUT2D eigenvalue weighted by Crippen LogP contribution is -2.12. The Kier molecular flexibility index (Phi) is 3.87. The summed E-state index contributed by atoms with van der Waals surface area (Å²) in [6, 6.07) is 20.1. The molecule has 5 nitrogen and oxygen atoms in total. The summed E-state index contributed by atoms with van der Waals surface area (Å²) < 4.78 is 4.55. The molecule has 0 bridgehead atoms. The maximum absolute atomic E-state index is 11.1. The molecule has 0 amide bonds. The van der Waals surface area contributed by atoms with E-state index in [9.17, 15) is 4.79 Å². The summed E-state index contributed by atoms with van der Waals surface area (Å²) in [5, 5.41) is 3.69. The fourth-order valence-corrected chi connectivity index (χ4v) is 2.18. The number of hydrogen-bond donors (Lipinski definition) is 1. The smallest absolute Gasteiger partial charge is 0.319 e. The van der Waals surface area contributed by atoms with Gasteiger partial charge in [0, 0.05) is 18.8 Å². The van der Waals surface area contributed by atoms with Gasteiger partial charge in [0.25, 0.3) is 0 Å². The van der Waals surface area contributed by atoms with Crippen molar-refractivity contribution in [3.63, 3.8) is 0 Å². The van der Waals surface area contributed by atoms with Crippen molar-refractivity contribution in [2.45, 2.75) is 0 Å². The minimum atomic E-state index is -0.573. The fraction of sp³-hybridized carbons (Fsp3) is 0.0588. The van der Waals surface area contributed by atoms with Gasteiger partial charge in [0.05, 0.1) is 0 Å². The largest absolute Gasteiger partial charge is 0.440 e. The summed E-state index contributed by atoms with van der Waals surface area (Å²) in [6.45, 7) is 0. The highest BCUT2D eigenvalue weighted by molar-refractivity contribution is 5.80. The molecule has 5 heteroatoms. The zero-order valence-electron chi connectivity index (χ0n) is 12.1. The van der Waals surface area contributed by atoms with Crippen LogP contribution in [0.25, 0.3) is 5.57 Å². The van der Waals surface area contributed by atoms with E-state index in [4.69, 9.17) is 0 Å². The van der Waals surface area contributed by atoms with Gasteiger partial charge >= 0.3 is 5.76 Å². The first-order valence-corrected chi connectivity index (χ1v) is 6.85. The molecule has 1 heterocycles. The van der Waals surface area contributed by atoms with Crippen molar-refractivity contribution < 1.29 is 4.52 Å². The van der Waals surface area contributed by atoms with Gasteiger partial charge in [-0.3, -0.25) is 9.51 Å². The number of aromatic nitrogens is 2. The van der Waals surface area contributed by atoms with Crippen LogP contribution in [-0.2, 0) is 0 Å². The van der Waals surface area contributed by atoms with Crippen LogP contribution in [0.1, 0.15) is 11.1 Å². The summed E-state index contributed by atoms with van der Waals surface area (Å²) in [6.07, 6.45) is 1.92. The molecule has 0 saturated carbocycles. The van der Waals surface area contributed by atoms with Gasteiger partial charge < -0.3 is 4.90 Å². The lowest BCUT2D eigenvalue weighted by Gasteiger charge is -2.14. The third kappa shape index (κ3) is 2.98. The van der Waals surface area contributed by atoms with Gasteiger partial charge in [0.1, 0.15) is 0 Å². The van der Waals surface area contributed by atoms with Gasteiger partial charge in [0.2, 0.25) is 5.95 Å². The van der Waals surface area contributed by atoms with E-state index >= 15 is 0 Å². The topological polar surface area (TPSA) is 62.1 Å². The molecule has 0 aliphatic rings. The average Bonchev–Trinajstić information content (AvgIpc) is 3.01. The van der Waals surface area contributed by atoms with Crippen molar-refractivity contribution in [3.05, 3.63) is 88.5 Å². The van der Waals surface area contributed by atoms with Crippen LogP contribution < -0.4 is 10.7 Å². The number of H-pyrrole nitrogens is 1. The highest BCUT2D eigenvalue weighted by Gasteiger charge is 2.09. The van der Waals surface area contributed by atoms with E-state index in [0.29, 0.717) is 5.95 Å². The highest BCUT2D eigenvalue weighted by Crippen LogP contribution is 2.24. The monoisotopic (exact) mass is 293 g/mol. The average molecular weight is 293 g/mol. The SMILES string of the molecule is CN(C=C(c1ccccc1)c1ccccc1)c1noc(=O)[nH]1. The normalized spacial score (nSPS) is 10.2. The fourth-order valence-electron chi connectivity index (χ4n) is 2.18. The maximum atomic E-state index is 11.1. The molecule has 2 aromatic carbocycles. The molecule has 1 N–H and O–H groups in total. The molecule has 0 aliphatic heterocycles. The molecular formula is C17H15N3O2. The Morgan fingerprint density at radius 2 is 1.59 bits per heavy atom. The van der Waals surface area contributed by atoms with Gasteiger partial charge in [-0.15, -0.1) is 0 Å². The zero-order valence-corrected chi connectivity index (χ0v) is 12.1. The minimum Gasteiger partial charge on any atom is -0.319 e. The standard InChI is InChI=1S/C17H15N3O2/c1-20(16-18-17(21)22-19-16)12-15(13-8-4-2-5-9-13)14-10-6-3-7-11-14/h2-12H,1H3,(H,18,19,21). The Labute approximate surface area is 127 Å². The maximum Gasteiger partial charge on any atom is 0.440 e. The van der Waals surface area contributed by atoms with Gasteiger partial charge in [0.15, 0.2) is 0 Å². The summed E-state index contributed by atoms with van der Waals surface area (Å²) in [4.78, 5) is 15.3. The second-order valence-corrected chi connectivity index (χ2v) is 4.80. The second-order valence-electron chi connectivity index (χ2n) is 4.80. The molecular weight excluding hydrogens is 278 g/mol. The molecule has 22 heavy (non-hydrogen) atoms. The van der Waals surface area contributed by atoms with E-state index in [1.54, 1.807) is 11.9 Å². The number of nitrogens with zero attached hydrogens (tertiary/aromatic N) is 2. The third-order valence-corrected chi connectivity index (χ3v) is 3.26. The molecule has 0 atom stereocenters. The number of hydrogen-bond acceptors (Lipinski definition) is 4. The van der Waals surface area contributed by atoms with Crippen molar-refractivity contribution in [2.24, 2.45) is 0 Å². The first-order valence-electron chi connectivity index (χ1n) is 6.85. The molecule has 3 rings (SSSR count). The predicted octanol–water partition coefficient (Wildman–Crippen LogP) is 2.89. The Morgan fingerprint density at radius 3 is 2.05 bits per heavy atom. The second kappa shape index (κ2) is 6.13. The molecule has 0 fully saturated rings. The van der Waals surface area contributed by atoms with Crippen molar-refractivity contribution >= 4 is 11.5 Å². The van der Waals surface area contributed by atoms with Crippen molar-refractivity contribution in [2.75, 3.05) is 11.9 Å². The van der Waals surface area contributed by atoms with Crippen molar-refractivity contribution in [3.8, 4) is 0 Å². The molecule has 0 saturated heterocycles. The molecule has 0 aliphatic carbocycles. The molecule has 3 aromatic rings. The van der Waals surface area contributed by atoms with Crippen LogP contribution in [0, 0.1) is 0 Å². The van der Waals surface area contributed by atoms with Crippen LogP contribution in [0.3, 0.4) is 0 Å². The highest BCUT2D eigenvalue weighted by atomic mass is 16.5. The number of nitrogens with one attached hydrogen (secondary N) is 1. The van der Waals surface area contributed by atoms with Gasteiger partial charge in [-0.25, -0.2) is 4.79 Å². The summed E-state index contributed by atoms with van der Waals surface area (Å²) in [7, 11) is 1.81. The minimum absolute atomic E-state index is 0.356. The first-order chi connectivity index (χ1) is 10.7. The summed E-state index contributed by atoms with van der Waals surface area (Å²) in [5.41, 5.74) is 3.17.